The number of carbonyl (C=O) groups is 1. The Bertz CT molecular complexity index is 1140. The van der Waals surface area contributed by atoms with Gasteiger partial charge in [0.05, 0.1) is 29.1 Å². The molecule has 4 rings (SSSR count). The van der Waals surface area contributed by atoms with Crippen LogP contribution < -0.4 is 5.32 Å². The molecule has 3 aromatic heterocycles. The van der Waals surface area contributed by atoms with E-state index < -0.39 is 5.60 Å². The van der Waals surface area contributed by atoms with Crippen LogP contribution in [0, 0.1) is 24.1 Å². The molecular weight excluding hydrogens is 397 g/mol. The summed E-state index contributed by atoms with van der Waals surface area (Å²) >= 11 is 0. The first-order valence-electron chi connectivity index (χ1n) is 10.7. The smallest absolute Gasteiger partial charge is 0.227 e. The van der Waals surface area contributed by atoms with E-state index in [2.05, 4.69) is 26.2 Å². The number of halogens is 1. The van der Waals surface area contributed by atoms with E-state index >= 15 is 0 Å². The lowest BCUT2D eigenvalue weighted by atomic mass is 9.84. The lowest BCUT2D eigenvalue weighted by molar-refractivity contribution is -0.121. The summed E-state index contributed by atoms with van der Waals surface area (Å²) < 4.78 is 16.7. The number of imidazole rings is 1. The highest BCUT2D eigenvalue weighted by molar-refractivity contribution is 6.02. The molecular formula is C23H28FN5O2. The van der Waals surface area contributed by atoms with Gasteiger partial charge in [-0.2, -0.15) is 0 Å². The van der Waals surface area contributed by atoms with Gasteiger partial charge in [-0.15, -0.1) is 12.3 Å². The fourth-order valence-corrected chi connectivity index (χ4v) is 4.49. The van der Waals surface area contributed by atoms with Crippen LogP contribution in [0.4, 0.5) is 4.39 Å². The molecule has 0 spiro atoms. The molecule has 0 saturated heterocycles. The van der Waals surface area contributed by atoms with E-state index in [0.717, 1.165) is 32.1 Å². The van der Waals surface area contributed by atoms with Crippen molar-refractivity contribution in [1.29, 1.82) is 0 Å². The molecule has 0 aliphatic heterocycles. The number of aromatic amines is 1. The molecule has 31 heavy (non-hydrogen) atoms. The molecule has 0 aromatic carbocycles. The molecule has 0 atom stereocenters. The highest BCUT2D eigenvalue weighted by atomic mass is 19.1. The molecule has 0 unspecified atom stereocenters. The number of hydrogen-bond donors (Lipinski definition) is 3. The van der Waals surface area contributed by atoms with Gasteiger partial charge < -0.3 is 20.0 Å². The van der Waals surface area contributed by atoms with Crippen molar-refractivity contribution in [1.82, 2.24) is 24.8 Å². The molecule has 1 amide bonds. The average Bonchev–Trinajstić information content (AvgIpc) is 3.27. The minimum Gasteiger partial charge on any atom is -0.389 e. The Balaban J connectivity index is 1.72. The van der Waals surface area contributed by atoms with Crippen molar-refractivity contribution in [2.45, 2.75) is 64.0 Å². The van der Waals surface area contributed by atoms with Crippen LogP contribution in [0.2, 0.25) is 0 Å². The number of fused-ring (bicyclic) bond motifs is 3. The minimum atomic E-state index is -1.00. The number of amides is 1. The maximum absolute atomic E-state index is 14.7. The third-order valence-electron chi connectivity index (χ3n) is 6.00. The first kappa shape index (κ1) is 21.3. The Hall–Kier alpha value is -2.92. The van der Waals surface area contributed by atoms with Gasteiger partial charge in [0.1, 0.15) is 17.0 Å². The van der Waals surface area contributed by atoms with Crippen molar-refractivity contribution in [3.63, 3.8) is 0 Å². The molecule has 1 aliphatic rings. The van der Waals surface area contributed by atoms with Gasteiger partial charge in [0.15, 0.2) is 5.82 Å². The Morgan fingerprint density at radius 2 is 2.16 bits per heavy atom. The maximum atomic E-state index is 14.7. The van der Waals surface area contributed by atoms with E-state index in [4.69, 9.17) is 6.42 Å². The van der Waals surface area contributed by atoms with E-state index in [9.17, 15) is 14.3 Å². The van der Waals surface area contributed by atoms with Gasteiger partial charge in [0.25, 0.3) is 0 Å². The number of rotatable bonds is 6. The predicted molar refractivity (Wildman–Crippen MR) is 117 cm³/mol. The summed E-state index contributed by atoms with van der Waals surface area (Å²) in [6.45, 7) is 3.41. The van der Waals surface area contributed by atoms with Crippen LogP contribution in [0.5, 0.6) is 0 Å². The van der Waals surface area contributed by atoms with E-state index in [1.165, 1.54) is 6.20 Å². The zero-order valence-electron chi connectivity index (χ0n) is 17.9. The normalized spacial score (nSPS) is 19.6. The van der Waals surface area contributed by atoms with E-state index in [1.807, 2.05) is 4.57 Å². The summed E-state index contributed by atoms with van der Waals surface area (Å²) in [5, 5.41) is 13.1. The second-order valence-electron chi connectivity index (χ2n) is 9.10. The van der Waals surface area contributed by atoms with Crippen LogP contribution in [-0.2, 0) is 11.2 Å². The largest absolute Gasteiger partial charge is 0.389 e. The molecule has 8 heteroatoms. The van der Waals surface area contributed by atoms with Gasteiger partial charge >= 0.3 is 0 Å². The van der Waals surface area contributed by atoms with Crippen LogP contribution in [-0.4, -0.2) is 42.7 Å². The number of aliphatic hydroxyl groups is 1. The molecule has 1 saturated carbocycles. The number of pyridine rings is 1. The second kappa shape index (κ2) is 8.31. The van der Waals surface area contributed by atoms with E-state index in [0.29, 0.717) is 33.8 Å². The molecule has 164 valence electrons. The van der Waals surface area contributed by atoms with Gasteiger partial charge in [-0.05, 0) is 45.4 Å². The van der Waals surface area contributed by atoms with Crippen molar-refractivity contribution >= 4 is 28.0 Å². The molecule has 1 fully saturated rings. The summed E-state index contributed by atoms with van der Waals surface area (Å²) in [6.07, 6.45) is 13.0. The van der Waals surface area contributed by atoms with Crippen LogP contribution in [0.15, 0.2) is 12.4 Å². The standard InChI is InChI=1S/C23H28FN5O2/c1-4-5-14-6-8-15(9-7-14)29-18(10-19(30)27-13-23(2,3)31)28-17-12-26-22-20(21(17)29)16(24)11-25-22/h1,11-12,14-15,31H,5-10,13H2,2-3H3,(H,25,26)(H,27,30). The fourth-order valence-electron chi connectivity index (χ4n) is 4.49. The minimum absolute atomic E-state index is 0.0442. The quantitative estimate of drug-likeness (QED) is 0.529. The number of hydrogen-bond acceptors (Lipinski definition) is 4. The maximum Gasteiger partial charge on any atom is 0.227 e. The fraction of sp³-hybridized carbons (Fsp3) is 0.522. The number of carbonyl (C=O) groups excluding carboxylic acids is 1. The zero-order chi connectivity index (χ0) is 22.2. The second-order valence-corrected chi connectivity index (χ2v) is 9.10. The number of aromatic nitrogens is 4. The van der Waals surface area contributed by atoms with Crippen molar-refractivity contribution in [2.75, 3.05) is 6.54 Å². The topological polar surface area (TPSA) is 95.8 Å². The lowest BCUT2D eigenvalue weighted by Gasteiger charge is -2.30. The van der Waals surface area contributed by atoms with Crippen molar-refractivity contribution in [3.05, 3.63) is 24.0 Å². The summed E-state index contributed by atoms with van der Waals surface area (Å²) in [5.74, 6) is 3.22. The van der Waals surface area contributed by atoms with Crippen molar-refractivity contribution < 1.29 is 14.3 Å². The molecule has 3 N–H and O–H groups in total. The van der Waals surface area contributed by atoms with Gasteiger partial charge in [-0.25, -0.2) is 14.4 Å². The SMILES string of the molecule is C#CCC1CCC(n2c(CC(=O)NCC(C)(C)O)nc3cnc4[nH]cc(F)c4c32)CC1. The molecule has 0 bridgehead atoms. The predicted octanol–water partition coefficient (Wildman–Crippen LogP) is 3.24. The number of H-pyrrole nitrogens is 1. The summed E-state index contributed by atoms with van der Waals surface area (Å²) in [5.41, 5.74) is 0.705. The van der Waals surface area contributed by atoms with Gasteiger partial charge in [0, 0.05) is 25.2 Å². The van der Waals surface area contributed by atoms with Gasteiger partial charge in [-0.3, -0.25) is 4.79 Å². The van der Waals surface area contributed by atoms with Crippen molar-refractivity contribution in [3.8, 4) is 12.3 Å². The Morgan fingerprint density at radius 1 is 1.42 bits per heavy atom. The first-order valence-corrected chi connectivity index (χ1v) is 10.7. The number of terminal acetylenes is 1. The third-order valence-corrected chi connectivity index (χ3v) is 6.00. The summed E-state index contributed by atoms with van der Waals surface area (Å²) in [4.78, 5) is 24.4. The molecule has 0 radical (unpaired) electrons. The molecule has 3 aromatic rings. The van der Waals surface area contributed by atoms with E-state index in [1.54, 1.807) is 20.0 Å². The van der Waals surface area contributed by atoms with Crippen molar-refractivity contribution in [2.24, 2.45) is 5.92 Å². The van der Waals surface area contributed by atoms with Crippen LogP contribution in [0.25, 0.3) is 22.1 Å². The van der Waals surface area contributed by atoms with Crippen LogP contribution in [0.3, 0.4) is 0 Å². The highest BCUT2D eigenvalue weighted by Crippen LogP contribution is 2.38. The summed E-state index contributed by atoms with van der Waals surface area (Å²) in [6, 6.07) is 0.107. The summed E-state index contributed by atoms with van der Waals surface area (Å²) in [7, 11) is 0. The Kier molecular flexibility index (Phi) is 5.71. The van der Waals surface area contributed by atoms with E-state index in [-0.39, 0.29) is 30.7 Å². The number of nitrogens with one attached hydrogen (secondary N) is 2. The number of nitrogens with zero attached hydrogens (tertiary/aromatic N) is 3. The Labute approximate surface area is 180 Å². The van der Waals surface area contributed by atoms with Crippen LogP contribution in [0.1, 0.15) is 57.8 Å². The lowest BCUT2D eigenvalue weighted by Crippen LogP contribution is -2.39. The average molecular weight is 426 g/mol. The zero-order valence-corrected chi connectivity index (χ0v) is 17.9. The Morgan fingerprint density at radius 3 is 2.84 bits per heavy atom. The first-order chi connectivity index (χ1) is 14.8. The third kappa shape index (κ3) is 4.42. The highest BCUT2D eigenvalue weighted by Gasteiger charge is 2.28. The van der Waals surface area contributed by atoms with Gasteiger partial charge in [0.2, 0.25) is 5.91 Å². The molecule has 1 aliphatic carbocycles. The van der Waals surface area contributed by atoms with Crippen LogP contribution >= 0.6 is 0 Å². The molecule has 3 heterocycles. The molecule has 7 nitrogen and oxygen atoms in total. The van der Waals surface area contributed by atoms with Gasteiger partial charge in [-0.1, -0.05) is 0 Å². The monoisotopic (exact) mass is 425 g/mol.